The molecule has 4 heteroatoms. The zero-order chi connectivity index (χ0) is 17.8. The molecule has 0 aromatic rings. The first-order valence-corrected chi connectivity index (χ1v) is 17.6. The molecular formula is C19H45BSSi2. The van der Waals surface area contributed by atoms with Gasteiger partial charge in [-0.15, -0.1) is 0 Å². The maximum atomic E-state index is 2.64. The Morgan fingerprint density at radius 2 is 1.26 bits per heavy atom. The molecular weight excluding hydrogens is 327 g/mol. The molecule has 0 aliphatic carbocycles. The van der Waals surface area contributed by atoms with Crippen LogP contribution in [-0.4, -0.2) is 27.9 Å². The normalized spacial score (nSPS) is 12.7. The Labute approximate surface area is 155 Å². The van der Waals surface area contributed by atoms with Crippen LogP contribution in [0.15, 0.2) is 0 Å². The predicted molar refractivity (Wildman–Crippen MR) is 122 cm³/mol. The van der Waals surface area contributed by atoms with E-state index in [1.807, 2.05) is 0 Å². The van der Waals surface area contributed by atoms with E-state index in [-0.39, 0.29) is 0 Å². The lowest BCUT2D eigenvalue weighted by atomic mass is 9.70. The topological polar surface area (TPSA) is 0 Å². The lowest BCUT2D eigenvalue weighted by Gasteiger charge is -2.30. The zero-order valence-electron chi connectivity index (χ0n) is 17.5. The summed E-state index contributed by atoms with van der Waals surface area (Å²) in [5.74, 6) is 2.36. The largest absolute Gasteiger partial charge is 0.210 e. The van der Waals surface area contributed by atoms with Gasteiger partial charge in [0.1, 0.15) is 0 Å². The van der Waals surface area contributed by atoms with Crippen molar-refractivity contribution in [2.75, 3.05) is 5.75 Å². The Balaban J connectivity index is 4.61. The summed E-state index contributed by atoms with van der Waals surface area (Å²) >= 11 is 2.32. The van der Waals surface area contributed by atoms with Gasteiger partial charge in [0.2, 0.25) is 5.99 Å². The summed E-state index contributed by atoms with van der Waals surface area (Å²) in [6, 6.07) is 10.6. The van der Waals surface area contributed by atoms with Crippen LogP contribution in [0.4, 0.5) is 0 Å². The molecule has 0 saturated heterocycles. The van der Waals surface area contributed by atoms with Crippen LogP contribution in [0.5, 0.6) is 0 Å². The molecule has 0 bridgehead atoms. The Morgan fingerprint density at radius 1 is 0.739 bits per heavy atom. The second-order valence-electron chi connectivity index (χ2n) is 8.00. The number of unbranched alkanes of at least 4 members (excludes halogenated alkanes) is 1. The van der Waals surface area contributed by atoms with Crippen LogP contribution in [0.2, 0.25) is 61.5 Å². The SMILES string of the molecule is CCCCSB(CC[Si](C)(CC)CC)CC[Si](CC)(CC)CC. The van der Waals surface area contributed by atoms with E-state index in [1.165, 1.54) is 61.5 Å². The highest BCUT2D eigenvalue weighted by molar-refractivity contribution is 8.25. The van der Waals surface area contributed by atoms with Crippen molar-refractivity contribution in [3.05, 3.63) is 0 Å². The Bertz CT molecular complexity index is 270. The van der Waals surface area contributed by atoms with Crippen molar-refractivity contribution in [2.45, 2.75) is 116 Å². The molecule has 0 amide bonds. The van der Waals surface area contributed by atoms with E-state index in [0.717, 1.165) is 5.99 Å². The molecule has 23 heavy (non-hydrogen) atoms. The lowest BCUT2D eigenvalue weighted by Crippen LogP contribution is -2.33. The summed E-state index contributed by atoms with van der Waals surface area (Å²) in [7, 11) is -1.83. The standard InChI is InChI=1S/C19H45BSSi2/c1-8-14-17-21-20(15-18-22(7,9-2)10-3)16-19-23(11-4,12-5)13-6/h8-19H2,1-7H3. The summed E-state index contributed by atoms with van der Waals surface area (Å²) in [5.41, 5.74) is 0. The summed E-state index contributed by atoms with van der Waals surface area (Å²) in [6.07, 6.45) is 5.80. The molecule has 0 aliphatic rings. The van der Waals surface area contributed by atoms with Crippen LogP contribution >= 0.6 is 11.6 Å². The third-order valence-corrected chi connectivity index (χ3v) is 19.1. The fourth-order valence-electron chi connectivity index (χ4n) is 3.57. The average Bonchev–Trinajstić information content (AvgIpc) is 2.60. The molecule has 138 valence electrons. The minimum Gasteiger partial charge on any atom is -0.210 e. The summed E-state index contributed by atoms with van der Waals surface area (Å²) in [4.78, 5) is 0. The lowest BCUT2D eigenvalue weighted by molar-refractivity contribution is 0.898. The first-order chi connectivity index (χ1) is 10.9. The molecule has 0 radical (unpaired) electrons. The number of hydrogen-bond donors (Lipinski definition) is 0. The molecule has 0 rings (SSSR count). The molecule has 0 unspecified atom stereocenters. The highest BCUT2D eigenvalue weighted by Gasteiger charge is 2.30. The number of hydrogen-bond acceptors (Lipinski definition) is 1. The van der Waals surface area contributed by atoms with Crippen LogP contribution in [0.25, 0.3) is 0 Å². The highest BCUT2D eigenvalue weighted by Crippen LogP contribution is 2.33. The molecule has 0 spiro atoms. The molecule has 0 fully saturated rings. The summed E-state index contributed by atoms with van der Waals surface area (Å²) in [6.45, 7) is 17.3. The smallest absolute Gasteiger partial charge is 0.208 e. The second-order valence-corrected chi connectivity index (χ2v) is 20.6. The quantitative estimate of drug-likeness (QED) is 0.206. The van der Waals surface area contributed by atoms with Crippen molar-refractivity contribution < 1.29 is 0 Å². The van der Waals surface area contributed by atoms with Gasteiger partial charge < -0.3 is 0 Å². The Hall–Kier alpha value is 0.849. The minimum absolute atomic E-state index is 0.909. The van der Waals surface area contributed by atoms with Gasteiger partial charge in [-0.05, 0) is 12.2 Å². The van der Waals surface area contributed by atoms with Gasteiger partial charge in [-0.3, -0.25) is 0 Å². The third-order valence-electron chi connectivity index (χ3n) is 6.88. The van der Waals surface area contributed by atoms with Crippen LogP contribution < -0.4 is 0 Å². The second kappa shape index (κ2) is 13.1. The summed E-state index contributed by atoms with van der Waals surface area (Å²) < 4.78 is 0. The Kier molecular flexibility index (Phi) is 13.6. The number of rotatable bonds is 15. The highest BCUT2D eigenvalue weighted by atomic mass is 32.2. The monoisotopic (exact) mass is 372 g/mol. The summed E-state index contributed by atoms with van der Waals surface area (Å²) in [5, 5.41) is 0. The van der Waals surface area contributed by atoms with E-state index in [1.54, 1.807) is 12.1 Å². The molecule has 0 heterocycles. The van der Waals surface area contributed by atoms with Gasteiger partial charge in [-0.1, -0.05) is 109 Å². The van der Waals surface area contributed by atoms with Gasteiger partial charge in [-0.2, -0.15) is 0 Å². The maximum Gasteiger partial charge on any atom is 0.208 e. The van der Waals surface area contributed by atoms with Gasteiger partial charge in [0.05, 0.1) is 8.07 Å². The van der Waals surface area contributed by atoms with Crippen molar-refractivity contribution in [3.8, 4) is 0 Å². The van der Waals surface area contributed by atoms with E-state index in [0.29, 0.717) is 0 Å². The molecule has 0 aromatic heterocycles. The van der Waals surface area contributed by atoms with E-state index in [9.17, 15) is 0 Å². The average molecular weight is 373 g/mol. The maximum absolute atomic E-state index is 2.64. The van der Waals surface area contributed by atoms with Crippen LogP contribution in [0.3, 0.4) is 0 Å². The van der Waals surface area contributed by atoms with Crippen molar-refractivity contribution in [3.63, 3.8) is 0 Å². The minimum atomic E-state index is -0.921. The van der Waals surface area contributed by atoms with E-state index >= 15 is 0 Å². The molecule has 0 atom stereocenters. The van der Waals surface area contributed by atoms with Gasteiger partial charge in [-0.25, -0.2) is 11.6 Å². The van der Waals surface area contributed by atoms with Gasteiger partial charge >= 0.3 is 0 Å². The van der Waals surface area contributed by atoms with Gasteiger partial charge in [0.15, 0.2) is 0 Å². The molecule has 0 saturated carbocycles. The van der Waals surface area contributed by atoms with Crippen LogP contribution in [-0.2, 0) is 0 Å². The van der Waals surface area contributed by atoms with E-state index in [2.05, 4.69) is 59.7 Å². The third kappa shape index (κ3) is 9.20. The first-order valence-electron chi connectivity index (χ1n) is 10.6. The first kappa shape index (κ1) is 23.8. The van der Waals surface area contributed by atoms with Crippen molar-refractivity contribution >= 4 is 33.8 Å². The van der Waals surface area contributed by atoms with Gasteiger partial charge in [0, 0.05) is 8.07 Å². The van der Waals surface area contributed by atoms with Crippen molar-refractivity contribution in [2.24, 2.45) is 0 Å². The van der Waals surface area contributed by atoms with Crippen LogP contribution in [0.1, 0.15) is 54.4 Å². The van der Waals surface area contributed by atoms with Crippen molar-refractivity contribution in [1.29, 1.82) is 0 Å². The van der Waals surface area contributed by atoms with Crippen LogP contribution in [0, 0.1) is 0 Å². The molecule has 0 aliphatic heterocycles. The molecule has 0 N–H and O–H groups in total. The van der Waals surface area contributed by atoms with E-state index < -0.39 is 16.1 Å². The molecule has 0 aromatic carbocycles. The predicted octanol–water partition coefficient (Wildman–Crippen LogP) is 8.14. The Morgan fingerprint density at radius 3 is 1.70 bits per heavy atom. The van der Waals surface area contributed by atoms with Gasteiger partial charge in [0.25, 0.3) is 0 Å². The fraction of sp³-hybridized carbons (Fsp3) is 1.00. The molecule has 0 nitrogen and oxygen atoms in total. The van der Waals surface area contributed by atoms with Crippen molar-refractivity contribution in [1.82, 2.24) is 0 Å². The zero-order valence-corrected chi connectivity index (χ0v) is 20.3. The fourth-order valence-corrected chi connectivity index (χ4v) is 11.1. The van der Waals surface area contributed by atoms with E-state index in [4.69, 9.17) is 0 Å².